The minimum absolute atomic E-state index is 0.231. The Bertz CT molecular complexity index is 1370. The van der Waals surface area contributed by atoms with E-state index in [1.165, 1.54) is 30.5 Å². The third kappa shape index (κ3) is 7.72. The van der Waals surface area contributed by atoms with Crippen molar-refractivity contribution in [2.45, 2.75) is 30.8 Å². The van der Waals surface area contributed by atoms with Crippen LogP contribution in [0, 0.1) is 0 Å². The number of alkyl halides is 3. The van der Waals surface area contributed by atoms with Gasteiger partial charge in [-0.1, -0.05) is 43.1 Å². The van der Waals surface area contributed by atoms with Gasteiger partial charge in [0.25, 0.3) is 15.9 Å². The highest BCUT2D eigenvalue weighted by atomic mass is 35.5. The SMILES string of the molecule is CCCCOc1ccc(/C=N\NC(=O)CN(c2cc(C(F)(F)F)ccc2Cl)S(=O)(=O)c2ccccc2)cc1. The number of ether oxygens (including phenoxy) is 1. The highest BCUT2D eigenvalue weighted by Crippen LogP contribution is 2.37. The predicted octanol–water partition coefficient (Wildman–Crippen LogP) is 5.88. The van der Waals surface area contributed by atoms with E-state index in [4.69, 9.17) is 16.3 Å². The van der Waals surface area contributed by atoms with Gasteiger partial charge in [0.1, 0.15) is 12.3 Å². The van der Waals surface area contributed by atoms with Gasteiger partial charge in [0.2, 0.25) is 0 Å². The number of unbranched alkanes of at least 4 members (excludes halogenated alkanes) is 1. The zero-order valence-corrected chi connectivity index (χ0v) is 21.9. The molecule has 0 saturated carbocycles. The molecule has 0 aromatic heterocycles. The number of nitrogens with zero attached hydrogens (tertiary/aromatic N) is 2. The first-order chi connectivity index (χ1) is 18.0. The second kappa shape index (κ2) is 12.8. The fraction of sp³-hybridized carbons (Fsp3) is 0.231. The molecule has 3 rings (SSSR count). The molecule has 0 aliphatic heterocycles. The van der Waals surface area contributed by atoms with Gasteiger partial charge < -0.3 is 4.74 Å². The monoisotopic (exact) mass is 567 g/mol. The molecule has 1 amide bonds. The van der Waals surface area contributed by atoms with E-state index in [0.29, 0.717) is 28.3 Å². The Morgan fingerprint density at radius 1 is 1.08 bits per heavy atom. The second-order valence-corrected chi connectivity index (χ2v) is 10.3. The molecule has 0 unspecified atom stereocenters. The standard InChI is InChI=1S/C26H25ClF3N3O4S/c1-2-3-15-37-21-12-9-19(10-13-21)17-31-32-25(34)18-33(38(35,36)22-7-5-4-6-8-22)24-16-20(26(28,29)30)11-14-23(24)27/h4-14,16-17H,2-3,15,18H2,1H3,(H,32,34)/b31-17-. The third-order valence-electron chi connectivity index (χ3n) is 5.21. The largest absolute Gasteiger partial charge is 0.494 e. The molecule has 1 N–H and O–H groups in total. The number of rotatable bonds is 11. The minimum Gasteiger partial charge on any atom is -0.494 e. The van der Waals surface area contributed by atoms with E-state index in [-0.39, 0.29) is 9.92 Å². The predicted molar refractivity (Wildman–Crippen MR) is 140 cm³/mol. The van der Waals surface area contributed by atoms with Gasteiger partial charge in [-0.05, 0) is 66.6 Å². The molecule has 3 aromatic rings. The summed E-state index contributed by atoms with van der Waals surface area (Å²) in [5.74, 6) is -0.215. The zero-order chi connectivity index (χ0) is 27.8. The summed E-state index contributed by atoms with van der Waals surface area (Å²) < 4.78 is 72.9. The summed E-state index contributed by atoms with van der Waals surface area (Å²) in [5, 5.41) is 3.55. The van der Waals surface area contributed by atoms with Gasteiger partial charge in [0.15, 0.2) is 0 Å². The van der Waals surface area contributed by atoms with Crippen molar-refractivity contribution in [3.63, 3.8) is 0 Å². The average Bonchev–Trinajstić information content (AvgIpc) is 2.88. The van der Waals surface area contributed by atoms with Crippen LogP contribution in [0.15, 0.2) is 82.8 Å². The highest BCUT2D eigenvalue weighted by molar-refractivity contribution is 7.92. The van der Waals surface area contributed by atoms with E-state index in [9.17, 15) is 26.4 Å². The van der Waals surface area contributed by atoms with Crippen LogP contribution in [0.25, 0.3) is 0 Å². The molecule has 0 aliphatic rings. The van der Waals surface area contributed by atoms with Crippen molar-refractivity contribution < 1.29 is 31.1 Å². The Balaban J connectivity index is 1.82. The van der Waals surface area contributed by atoms with Crippen LogP contribution < -0.4 is 14.5 Å². The number of halogens is 4. The van der Waals surface area contributed by atoms with E-state index in [2.05, 4.69) is 17.5 Å². The van der Waals surface area contributed by atoms with Crippen LogP contribution in [-0.2, 0) is 21.0 Å². The van der Waals surface area contributed by atoms with Crippen LogP contribution in [0.4, 0.5) is 18.9 Å². The van der Waals surface area contributed by atoms with Gasteiger partial charge in [-0.3, -0.25) is 9.10 Å². The molecule has 0 spiro atoms. The molecule has 0 bridgehead atoms. The van der Waals surface area contributed by atoms with Crippen LogP contribution in [0.3, 0.4) is 0 Å². The van der Waals surface area contributed by atoms with Crippen LogP contribution in [0.1, 0.15) is 30.9 Å². The lowest BCUT2D eigenvalue weighted by atomic mass is 10.2. The van der Waals surface area contributed by atoms with Gasteiger partial charge in [-0.2, -0.15) is 18.3 Å². The van der Waals surface area contributed by atoms with Crippen molar-refractivity contribution in [1.29, 1.82) is 0 Å². The molecule has 0 atom stereocenters. The van der Waals surface area contributed by atoms with Crippen molar-refractivity contribution in [1.82, 2.24) is 5.43 Å². The number of carbonyl (C=O) groups excluding carboxylic acids is 1. The Morgan fingerprint density at radius 2 is 1.76 bits per heavy atom. The average molecular weight is 568 g/mol. The molecule has 7 nitrogen and oxygen atoms in total. The van der Waals surface area contributed by atoms with Crippen molar-refractivity contribution >= 4 is 39.4 Å². The lowest BCUT2D eigenvalue weighted by Crippen LogP contribution is -2.40. The fourth-order valence-corrected chi connectivity index (χ4v) is 4.95. The van der Waals surface area contributed by atoms with Crippen molar-refractivity contribution in [2.24, 2.45) is 5.10 Å². The summed E-state index contributed by atoms with van der Waals surface area (Å²) in [6.07, 6.45) is -1.49. The zero-order valence-electron chi connectivity index (χ0n) is 20.3. The summed E-state index contributed by atoms with van der Waals surface area (Å²) in [7, 11) is -4.47. The van der Waals surface area contributed by atoms with Crippen LogP contribution in [0.2, 0.25) is 5.02 Å². The minimum atomic E-state index is -4.76. The first-order valence-electron chi connectivity index (χ1n) is 11.5. The molecular weight excluding hydrogens is 543 g/mol. The van der Waals surface area contributed by atoms with E-state index in [1.54, 1.807) is 30.3 Å². The normalized spacial score (nSPS) is 11.9. The number of hydrogen-bond acceptors (Lipinski definition) is 5. The number of hydrazone groups is 1. The van der Waals surface area contributed by atoms with Crippen molar-refractivity contribution in [3.8, 4) is 5.75 Å². The molecule has 0 fully saturated rings. The van der Waals surface area contributed by atoms with Gasteiger partial charge in [-0.15, -0.1) is 0 Å². The Kier molecular flexibility index (Phi) is 9.76. The Hall–Kier alpha value is -3.57. The maximum Gasteiger partial charge on any atom is 0.416 e. The number of anilines is 1. The van der Waals surface area contributed by atoms with E-state index in [0.717, 1.165) is 25.0 Å². The molecular formula is C26H25ClF3N3O4S. The number of hydrogen-bond donors (Lipinski definition) is 1. The number of amides is 1. The molecule has 0 radical (unpaired) electrons. The number of benzene rings is 3. The number of carbonyl (C=O) groups is 1. The molecule has 12 heteroatoms. The van der Waals surface area contributed by atoms with Crippen LogP contribution in [0.5, 0.6) is 5.75 Å². The van der Waals surface area contributed by atoms with Crippen LogP contribution in [-0.4, -0.2) is 33.7 Å². The Labute approximate surface area is 223 Å². The molecule has 38 heavy (non-hydrogen) atoms. The summed E-state index contributed by atoms with van der Waals surface area (Å²) >= 11 is 6.11. The number of nitrogens with one attached hydrogen (secondary N) is 1. The second-order valence-electron chi connectivity index (χ2n) is 8.05. The van der Waals surface area contributed by atoms with Gasteiger partial charge in [-0.25, -0.2) is 13.8 Å². The van der Waals surface area contributed by atoms with Gasteiger partial charge in [0, 0.05) is 0 Å². The summed E-state index contributed by atoms with van der Waals surface area (Å²) in [5.41, 5.74) is 1.21. The molecule has 0 aliphatic carbocycles. The topological polar surface area (TPSA) is 88.1 Å². The van der Waals surface area contributed by atoms with Gasteiger partial charge in [0.05, 0.1) is 34.0 Å². The highest BCUT2D eigenvalue weighted by Gasteiger charge is 2.34. The maximum atomic E-state index is 13.4. The summed E-state index contributed by atoms with van der Waals surface area (Å²) in [4.78, 5) is 12.4. The lowest BCUT2D eigenvalue weighted by Gasteiger charge is -2.25. The van der Waals surface area contributed by atoms with E-state index in [1.807, 2.05) is 0 Å². The third-order valence-corrected chi connectivity index (χ3v) is 7.30. The quantitative estimate of drug-likeness (QED) is 0.178. The van der Waals surface area contributed by atoms with Crippen LogP contribution >= 0.6 is 11.6 Å². The molecule has 0 heterocycles. The van der Waals surface area contributed by atoms with E-state index >= 15 is 0 Å². The summed E-state index contributed by atoms with van der Waals surface area (Å²) in [6.45, 7) is 1.78. The van der Waals surface area contributed by atoms with Gasteiger partial charge >= 0.3 is 6.18 Å². The smallest absolute Gasteiger partial charge is 0.416 e. The maximum absolute atomic E-state index is 13.4. The first kappa shape index (κ1) is 29.0. The molecule has 3 aromatic carbocycles. The first-order valence-corrected chi connectivity index (χ1v) is 13.3. The molecule has 0 saturated heterocycles. The van der Waals surface area contributed by atoms with Crippen molar-refractivity contribution in [3.05, 3.63) is 88.9 Å². The Morgan fingerprint density at radius 3 is 2.39 bits per heavy atom. The number of sulfonamides is 1. The van der Waals surface area contributed by atoms with E-state index < -0.39 is 39.9 Å². The summed E-state index contributed by atoms with van der Waals surface area (Å²) in [6, 6.07) is 16.1. The lowest BCUT2D eigenvalue weighted by molar-refractivity contribution is -0.137. The van der Waals surface area contributed by atoms with Crippen molar-refractivity contribution in [2.75, 3.05) is 17.5 Å². The molecule has 202 valence electrons. The fourth-order valence-electron chi connectivity index (χ4n) is 3.23.